The van der Waals surface area contributed by atoms with Crippen molar-refractivity contribution in [2.45, 2.75) is 20.3 Å². The normalized spacial score (nSPS) is 15.3. The number of ether oxygens (including phenoxy) is 2. The third kappa shape index (κ3) is 6.15. The summed E-state index contributed by atoms with van der Waals surface area (Å²) < 4.78 is 11.0. The fourth-order valence-corrected chi connectivity index (χ4v) is 3.92. The smallest absolute Gasteiger partial charge is 0.311 e. The summed E-state index contributed by atoms with van der Waals surface area (Å²) >= 11 is 0. The summed E-state index contributed by atoms with van der Waals surface area (Å²) in [6.45, 7) is 4.64. The van der Waals surface area contributed by atoms with Gasteiger partial charge in [-0.1, -0.05) is 68.4 Å². The molecule has 1 fully saturated rings. The van der Waals surface area contributed by atoms with E-state index in [4.69, 9.17) is 9.47 Å². The minimum absolute atomic E-state index is 0.0599. The molecule has 1 saturated heterocycles. The van der Waals surface area contributed by atoms with Gasteiger partial charge in [-0.2, -0.15) is 0 Å². The minimum atomic E-state index is -0.604. The highest BCUT2D eigenvalue weighted by Crippen LogP contribution is 2.28. The van der Waals surface area contributed by atoms with Gasteiger partial charge < -0.3 is 14.4 Å². The van der Waals surface area contributed by atoms with Crippen molar-refractivity contribution in [3.05, 3.63) is 84.4 Å². The number of rotatable bonds is 9. The summed E-state index contributed by atoms with van der Waals surface area (Å²) in [4.78, 5) is 39.2. The zero-order valence-electron chi connectivity index (χ0n) is 20.0. The van der Waals surface area contributed by atoms with Gasteiger partial charge in [-0.3, -0.25) is 14.4 Å². The van der Waals surface area contributed by atoms with E-state index in [1.807, 2.05) is 66.7 Å². The fraction of sp³-hybridized carbons (Fsp3) is 0.276. The van der Waals surface area contributed by atoms with Gasteiger partial charge in [0.25, 0.3) is 0 Å². The van der Waals surface area contributed by atoms with Crippen LogP contribution in [-0.2, 0) is 14.3 Å². The molecular weight excluding hydrogens is 442 g/mol. The predicted octanol–water partition coefficient (Wildman–Crippen LogP) is 5.17. The number of anilines is 1. The molecule has 1 amide bonds. The molecule has 1 aliphatic rings. The Balaban J connectivity index is 1.29. The highest BCUT2D eigenvalue weighted by Gasteiger charge is 2.36. The first-order chi connectivity index (χ1) is 16.9. The Hall–Kier alpha value is -3.93. The average Bonchev–Trinajstić information content (AvgIpc) is 3.28. The van der Waals surface area contributed by atoms with Gasteiger partial charge >= 0.3 is 5.97 Å². The van der Waals surface area contributed by atoms with E-state index in [-0.39, 0.29) is 31.3 Å². The van der Waals surface area contributed by atoms with Crippen molar-refractivity contribution in [2.24, 2.45) is 11.8 Å². The first-order valence-electron chi connectivity index (χ1n) is 11.8. The monoisotopic (exact) mass is 471 g/mol. The SMILES string of the molecule is CC(C)COc1ccc(N2C[C@H](C(=O)OCC(=O)c3ccc(-c4ccccc4)cc3)CC2=O)cc1. The van der Waals surface area contributed by atoms with Gasteiger partial charge in [-0.25, -0.2) is 0 Å². The second-order valence-electron chi connectivity index (χ2n) is 9.08. The van der Waals surface area contributed by atoms with Crippen LogP contribution in [0.2, 0.25) is 0 Å². The number of hydrogen-bond donors (Lipinski definition) is 0. The summed E-state index contributed by atoms with van der Waals surface area (Å²) in [6, 6.07) is 24.3. The summed E-state index contributed by atoms with van der Waals surface area (Å²) in [6.07, 6.45) is 0.0599. The number of nitrogens with zero attached hydrogens (tertiary/aromatic N) is 1. The molecule has 4 rings (SSSR count). The molecular formula is C29H29NO5. The van der Waals surface area contributed by atoms with Crippen molar-refractivity contribution in [3.8, 4) is 16.9 Å². The molecule has 0 bridgehead atoms. The van der Waals surface area contributed by atoms with Crippen LogP contribution < -0.4 is 9.64 Å². The maximum absolute atomic E-state index is 12.6. The van der Waals surface area contributed by atoms with Gasteiger partial charge in [0.2, 0.25) is 5.91 Å². The third-order valence-corrected chi connectivity index (χ3v) is 5.85. The lowest BCUT2D eigenvalue weighted by molar-refractivity contribution is -0.147. The van der Waals surface area contributed by atoms with Crippen molar-refractivity contribution in [1.29, 1.82) is 0 Å². The number of amides is 1. The molecule has 180 valence electrons. The van der Waals surface area contributed by atoms with Crippen LogP contribution in [0.15, 0.2) is 78.9 Å². The Labute approximate surface area is 205 Å². The zero-order chi connectivity index (χ0) is 24.8. The Kier molecular flexibility index (Phi) is 7.60. The first-order valence-corrected chi connectivity index (χ1v) is 11.8. The summed E-state index contributed by atoms with van der Waals surface area (Å²) in [7, 11) is 0. The molecule has 6 heteroatoms. The second kappa shape index (κ2) is 11.0. The van der Waals surface area contributed by atoms with E-state index in [0.717, 1.165) is 16.9 Å². The van der Waals surface area contributed by atoms with E-state index in [1.54, 1.807) is 17.0 Å². The molecule has 3 aromatic rings. The molecule has 1 aliphatic heterocycles. The number of esters is 1. The van der Waals surface area contributed by atoms with Gasteiger partial charge in [0.1, 0.15) is 5.75 Å². The van der Waals surface area contributed by atoms with Crippen molar-refractivity contribution in [1.82, 2.24) is 0 Å². The lowest BCUT2D eigenvalue weighted by atomic mass is 10.0. The third-order valence-electron chi connectivity index (χ3n) is 5.85. The number of Topliss-reactive ketones (excluding diaryl/α,β-unsaturated/α-hetero) is 1. The van der Waals surface area contributed by atoms with E-state index >= 15 is 0 Å². The van der Waals surface area contributed by atoms with Gasteiger partial charge in [-0.05, 0) is 41.3 Å². The molecule has 35 heavy (non-hydrogen) atoms. The van der Waals surface area contributed by atoms with Crippen LogP contribution in [0.4, 0.5) is 5.69 Å². The van der Waals surface area contributed by atoms with Gasteiger partial charge in [0.15, 0.2) is 12.4 Å². The van der Waals surface area contributed by atoms with Crippen molar-refractivity contribution in [2.75, 3.05) is 24.7 Å². The molecule has 0 N–H and O–H groups in total. The second-order valence-corrected chi connectivity index (χ2v) is 9.08. The number of carbonyl (C=O) groups excluding carboxylic acids is 3. The molecule has 0 unspecified atom stereocenters. The fourth-order valence-electron chi connectivity index (χ4n) is 3.92. The zero-order valence-corrected chi connectivity index (χ0v) is 20.0. The van der Waals surface area contributed by atoms with Gasteiger partial charge in [-0.15, -0.1) is 0 Å². The lowest BCUT2D eigenvalue weighted by Gasteiger charge is -2.17. The van der Waals surface area contributed by atoms with E-state index in [0.29, 0.717) is 23.8 Å². The summed E-state index contributed by atoms with van der Waals surface area (Å²) in [5, 5.41) is 0. The van der Waals surface area contributed by atoms with Crippen molar-refractivity contribution >= 4 is 23.3 Å². The topological polar surface area (TPSA) is 72.9 Å². The maximum Gasteiger partial charge on any atom is 0.311 e. The Morgan fingerprint density at radius 1 is 0.914 bits per heavy atom. The highest BCUT2D eigenvalue weighted by molar-refractivity contribution is 6.01. The van der Waals surface area contributed by atoms with Crippen molar-refractivity contribution in [3.63, 3.8) is 0 Å². The van der Waals surface area contributed by atoms with Crippen LogP contribution in [0, 0.1) is 11.8 Å². The van der Waals surface area contributed by atoms with Crippen LogP contribution in [0.5, 0.6) is 5.75 Å². The number of ketones is 1. The van der Waals surface area contributed by atoms with E-state index in [1.165, 1.54) is 0 Å². The molecule has 1 atom stereocenters. The minimum Gasteiger partial charge on any atom is -0.493 e. The predicted molar refractivity (Wildman–Crippen MR) is 134 cm³/mol. The van der Waals surface area contributed by atoms with Crippen molar-refractivity contribution < 1.29 is 23.9 Å². The lowest BCUT2D eigenvalue weighted by Crippen LogP contribution is -2.27. The molecule has 0 radical (unpaired) electrons. The molecule has 0 aliphatic carbocycles. The Bertz CT molecular complexity index is 1170. The Morgan fingerprint density at radius 3 is 2.23 bits per heavy atom. The largest absolute Gasteiger partial charge is 0.493 e. The van der Waals surface area contributed by atoms with E-state index in [2.05, 4.69) is 13.8 Å². The van der Waals surface area contributed by atoms with Crippen LogP contribution in [0.3, 0.4) is 0 Å². The summed E-state index contributed by atoms with van der Waals surface area (Å²) in [5.41, 5.74) is 3.24. The van der Waals surface area contributed by atoms with E-state index < -0.39 is 11.9 Å². The quantitative estimate of drug-likeness (QED) is 0.318. The van der Waals surface area contributed by atoms with Crippen LogP contribution >= 0.6 is 0 Å². The van der Waals surface area contributed by atoms with Gasteiger partial charge in [0.05, 0.1) is 12.5 Å². The molecule has 0 spiro atoms. The first kappa shape index (κ1) is 24.2. The molecule has 6 nitrogen and oxygen atoms in total. The van der Waals surface area contributed by atoms with Crippen LogP contribution in [0.25, 0.3) is 11.1 Å². The van der Waals surface area contributed by atoms with Gasteiger partial charge in [0, 0.05) is 24.2 Å². The van der Waals surface area contributed by atoms with Crippen LogP contribution in [-0.4, -0.2) is 37.4 Å². The number of carbonyl (C=O) groups is 3. The highest BCUT2D eigenvalue weighted by atomic mass is 16.5. The molecule has 3 aromatic carbocycles. The van der Waals surface area contributed by atoms with Crippen LogP contribution in [0.1, 0.15) is 30.6 Å². The Morgan fingerprint density at radius 2 is 1.57 bits per heavy atom. The standard InChI is InChI=1S/C29H29NO5/c1-20(2)18-34-26-14-12-25(13-15-26)30-17-24(16-28(30)32)29(33)35-19-27(31)23-10-8-22(9-11-23)21-6-4-3-5-7-21/h3-15,20,24H,16-19H2,1-2H3/t24-/m1/s1. The molecule has 0 aromatic heterocycles. The summed E-state index contributed by atoms with van der Waals surface area (Å²) in [5.74, 6) is -0.413. The molecule has 0 saturated carbocycles. The molecule has 1 heterocycles. The maximum atomic E-state index is 12.6. The number of benzene rings is 3. The van der Waals surface area contributed by atoms with E-state index in [9.17, 15) is 14.4 Å². The number of hydrogen-bond acceptors (Lipinski definition) is 5. The average molecular weight is 472 g/mol.